The molecule has 1 heterocycles. The van der Waals surface area contributed by atoms with Gasteiger partial charge >= 0.3 is 0 Å². The van der Waals surface area contributed by atoms with E-state index in [4.69, 9.17) is 9.47 Å². The third kappa shape index (κ3) is 6.07. The average Bonchev–Trinajstić information content (AvgIpc) is 3.23. The highest BCUT2D eigenvalue weighted by Crippen LogP contribution is 2.23. The third-order valence-electron chi connectivity index (χ3n) is 5.76. The van der Waals surface area contributed by atoms with E-state index in [0.717, 1.165) is 40.8 Å². The molecule has 1 N–H and O–H groups in total. The van der Waals surface area contributed by atoms with Crippen LogP contribution in [-0.4, -0.2) is 49.1 Å². The van der Waals surface area contributed by atoms with Gasteiger partial charge in [-0.15, -0.1) is 0 Å². The standard InChI is InChI=1S/C25H32N2O4/c1-17-8-6-12-22(20(17)4)26-23(28)15-27(14-21-11-7-13-30-21)24(29)16-31-25-18(2)9-5-10-19(25)3/h5-6,8-10,12,21H,7,11,13-16H2,1-4H3,(H,26,28). The Morgan fingerprint density at radius 1 is 1.06 bits per heavy atom. The number of nitrogens with one attached hydrogen (secondary N) is 1. The summed E-state index contributed by atoms with van der Waals surface area (Å²) in [6.07, 6.45) is 1.82. The van der Waals surface area contributed by atoms with Gasteiger partial charge in [-0.2, -0.15) is 0 Å². The summed E-state index contributed by atoms with van der Waals surface area (Å²) in [5.41, 5.74) is 4.84. The van der Waals surface area contributed by atoms with Crippen LogP contribution in [0.25, 0.3) is 0 Å². The van der Waals surface area contributed by atoms with Crippen molar-refractivity contribution in [3.63, 3.8) is 0 Å². The summed E-state index contributed by atoms with van der Waals surface area (Å²) < 4.78 is 11.5. The Morgan fingerprint density at radius 3 is 2.42 bits per heavy atom. The molecular weight excluding hydrogens is 392 g/mol. The lowest BCUT2D eigenvalue weighted by Crippen LogP contribution is -2.44. The topological polar surface area (TPSA) is 67.9 Å². The molecule has 1 fully saturated rings. The zero-order chi connectivity index (χ0) is 22.4. The van der Waals surface area contributed by atoms with E-state index in [-0.39, 0.29) is 31.1 Å². The third-order valence-corrected chi connectivity index (χ3v) is 5.76. The summed E-state index contributed by atoms with van der Waals surface area (Å²) in [6.45, 7) is 8.80. The number of rotatable bonds is 8. The molecule has 1 saturated heterocycles. The summed E-state index contributed by atoms with van der Waals surface area (Å²) >= 11 is 0. The summed E-state index contributed by atoms with van der Waals surface area (Å²) in [5.74, 6) is 0.258. The number of benzene rings is 2. The highest BCUT2D eigenvalue weighted by Gasteiger charge is 2.25. The number of hydrogen-bond donors (Lipinski definition) is 1. The first kappa shape index (κ1) is 22.8. The van der Waals surface area contributed by atoms with Crippen LogP contribution in [0.2, 0.25) is 0 Å². The fraction of sp³-hybridized carbons (Fsp3) is 0.440. The lowest BCUT2D eigenvalue weighted by atomic mass is 10.1. The Hall–Kier alpha value is -2.86. The molecule has 0 bridgehead atoms. The number of ether oxygens (including phenoxy) is 2. The van der Waals surface area contributed by atoms with Gasteiger partial charge < -0.3 is 19.7 Å². The lowest BCUT2D eigenvalue weighted by molar-refractivity contribution is -0.138. The Kier molecular flexibility index (Phi) is 7.69. The Labute approximate surface area is 184 Å². The molecule has 6 heteroatoms. The Morgan fingerprint density at radius 2 is 1.74 bits per heavy atom. The van der Waals surface area contributed by atoms with Crippen LogP contribution in [0, 0.1) is 27.7 Å². The molecule has 0 spiro atoms. The van der Waals surface area contributed by atoms with Gasteiger partial charge in [0.1, 0.15) is 12.3 Å². The van der Waals surface area contributed by atoms with Gasteiger partial charge in [-0.1, -0.05) is 30.3 Å². The molecule has 2 aromatic carbocycles. The van der Waals surface area contributed by atoms with Crippen LogP contribution < -0.4 is 10.1 Å². The van der Waals surface area contributed by atoms with Crippen molar-refractivity contribution in [3.05, 3.63) is 58.7 Å². The first-order valence-electron chi connectivity index (χ1n) is 10.8. The van der Waals surface area contributed by atoms with Crippen molar-refractivity contribution < 1.29 is 19.1 Å². The molecule has 0 radical (unpaired) electrons. The average molecular weight is 425 g/mol. The van der Waals surface area contributed by atoms with Crippen LogP contribution in [0.15, 0.2) is 36.4 Å². The van der Waals surface area contributed by atoms with Crippen molar-refractivity contribution in [2.75, 3.05) is 31.6 Å². The summed E-state index contributed by atoms with van der Waals surface area (Å²) in [7, 11) is 0. The predicted octanol–water partition coefficient (Wildman–Crippen LogP) is 3.95. The van der Waals surface area contributed by atoms with Crippen LogP contribution in [-0.2, 0) is 14.3 Å². The zero-order valence-electron chi connectivity index (χ0n) is 18.9. The van der Waals surface area contributed by atoms with Gasteiger partial charge in [-0.3, -0.25) is 9.59 Å². The molecule has 1 atom stereocenters. The maximum atomic E-state index is 13.0. The predicted molar refractivity (Wildman–Crippen MR) is 122 cm³/mol. The number of aryl methyl sites for hydroxylation is 3. The van der Waals surface area contributed by atoms with Crippen LogP contribution in [0.4, 0.5) is 5.69 Å². The minimum Gasteiger partial charge on any atom is -0.483 e. The van der Waals surface area contributed by atoms with Crippen molar-refractivity contribution in [3.8, 4) is 5.75 Å². The molecule has 0 aromatic heterocycles. The second-order valence-corrected chi connectivity index (χ2v) is 8.21. The molecule has 0 saturated carbocycles. The van der Waals surface area contributed by atoms with Crippen LogP contribution in [0.3, 0.4) is 0 Å². The fourth-order valence-electron chi connectivity index (χ4n) is 3.79. The molecule has 1 unspecified atom stereocenters. The second kappa shape index (κ2) is 10.4. The van der Waals surface area contributed by atoms with E-state index in [1.165, 1.54) is 0 Å². The van der Waals surface area contributed by atoms with E-state index < -0.39 is 0 Å². The lowest BCUT2D eigenvalue weighted by Gasteiger charge is -2.25. The molecule has 2 amide bonds. The first-order valence-corrected chi connectivity index (χ1v) is 10.8. The molecule has 3 rings (SSSR count). The molecule has 0 aliphatic carbocycles. The van der Waals surface area contributed by atoms with Gasteiger partial charge in [0, 0.05) is 18.8 Å². The SMILES string of the molecule is Cc1cccc(NC(=O)CN(CC2CCCO2)C(=O)COc2c(C)cccc2C)c1C. The van der Waals surface area contributed by atoms with Crippen molar-refractivity contribution in [1.82, 2.24) is 4.90 Å². The van der Waals surface area contributed by atoms with E-state index in [0.29, 0.717) is 18.9 Å². The Balaban J connectivity index is 1.67. The molecule has 2 aromatic rings. The van der Waals surface area contributed by atoms with Gasteiger partial charge in [0.25, 0.3) is 5.91 Å². The van der Waals surface area contributed by atoms with Gasteiger partial charge in [-0.05, 0) is 68.9 Å². The molecule has 1 aliphatic rings. The van der Waals surface area contributed by atoms with E-state index in [2.05, 4.69) is 5.32 Å². The first-order chi connectivity index (χ1) is 14.8. The van der Waals surface area contributed by atoms with Crippen molar-refractivity contribution in [2.24, 2.45) is 0 Å². The van der Waals surface area contributed by atoms with Gasteiger partial charge in [0.05, 0.1) is 6.10 Å². The van der Waals surface area contributed by atoms with Crippen LogP contribution >= 0.6 is 0 Å². The molecule has 166 valence electrons. The largest absolute Gasteiger partial charge is 0.483 e. The highest BCUT2D eigenvalue weighted by atomic mass is 16.5. The normalized spacial score (nSPS) is 15.5. The minimum atomic E-state index is -0.230. The number of carbonyl (C=O) groups is 2. The number of para-hydroxylation sites is 1. The van der Waals surface area contributed by atoms with Crippen LogP contribution in [0.5, 0.6) is 5.75 Å². The van der Waals surface area contributed by atoms with E-state index in [1.807, 2.05) is 64.1 Å². The van der Waals surface area contributed by atoms with Gasteiger partial charge in [0.15, 0.2) is 6.61 Å². The zero-order valence-corrected chi connectivity index (χ0v) is 18.9. The number of nitrogens with zero attached hydrogens (tertiary/aromatic N) is 1. The number of amides is 2. The van der Waals surface area contributed by atoms with Crippen molar-refractivity contribution in [2.45, 2.75) is 46.6 Å². The smallest absolute Gasteiger partial charge is 0.261 e. The van der Waals surface area contributed by atoms with E-state index >= 15 is 0 Å². The minimum absolute atomic E-state index is 0.0395. The maximum absolute atomic E-state index is 13.0. The molecular formula is C25H32N2O4. The molecule has 6 nitrogen and oxygen atoms in total. The molecule has 31 heavy (non-hydrogen) atoms. The highest BCUT2D eigenvalue weighted by molar-refractivity contribution is 5.95. The fourth-order valence-corrected chi connectivity index (χ4v) is 3.79. The van der Waals surface area contributed by atoms with Gasteiger partial charge in [-0.25, -0.2) is 0 Å². The second-order valence-electron chi connectivity index (χ2n) is 8.21. The maximum Gasteiger partial charge on any atom is 0.261 e. The van der Waals surface area contributed by atoms with E-state index in [9.17, 15) is 9.59 Å². The monoisotopic (exact) mass is 424 g/mol. The Bertz CT molecular complexity index is 915. The quantitative estimate of drug-likeness (QED) is 0.697. The van der Waals surface area contributed by atoms with Crippen LogP contribution in [0.1, 0.15) is 35.1 Å². The number of hydrogen-bond acceptors (Lipinski definition) is 4. The number of anilines is 1. The van der Waals surface area contributed by atoms with Gasteiger partial charge in [0.2, 0.25) is 5.91 Å². The number of carbonyl (C=O) groups excluding carboxylic acids is 2. The summed E-state index contributed by atoms with van der Waals surface area (Å²) in [5, 5.41) is 2.94. The van der Waals surface area contributed by atoms with Crippen molar-refractivity contribution >= 4 is 17.5 Å². The van der Waals surface area contributed by atoms with Crippen molar-refractivity contribution in [1.29, 1.82) is 0 Å². The summed E-state index contributed by atoms with van der Waals surface area (Å²) in [6, 6.07) is 11.6. The summed E-state index contributed by atoms with van der Waals surface area (Å²) in [4.78, 5) is 27.3. The van der Waals surface area contributed by atoms with E-state index in [1.54, 1.807) is 4.90 Å². The molecule has 1 aliphatic heterocycles.